The van der Waals surface area contributed by atoms with Crippen LogP contribution in [0.1, 0.15) is 49.9 Å². The van der Waals surface area contributed by atoms with Crippen molar-refractivity contribution in [1.82, 2.24) is 0 Å². The van der Waals surface area contributed by atoms with E-state index in [-0.39, 0.29) is 0 Å². The van der Waals surface area contributed by atoms with Crippen LogP contribution in [0.5, 0.6) is 0 Å². The molecule has 0 N–H and O–H groups in total. The molecule has 302 valence electrons. The van der Waals surface area contributed by atoms with Crippen molar-refractivity contribution in [1.29, 1.82) is 0 Å². The van der Waals surface area contributed by atoms with Gasteiger partial charge in [0.1, 0.15) is 11.2 Å². The molecule has 0 spiro atoms. The van der Waals surface area contributed by atoms with E-state index >= 15 is 0 Å². The molecule has 2 aromatic heterocycles. The molecule has 0 fully saturated rings. The number of nitrogens with zero attached hydrogens (tertiary/aromatic N) is 2. The highest BCUT2D eigenvalue weighted by Gasteiger charge is 2.20. The van der Waals surface area contributed by atoms with Crippen molar-refractivity contribution in [3.05, 3.63) is 192 Å². The molecular weight excluding hydrogens is 757 g/mol. The summed E-state index contributed by atoms with van der Waals surface area (Å²) in [6.45, 7) is 8.79. The Hall–Kier alpha value is -7.30. The summed E-state index contributed by atoms with van der Waals surface area (Å²) in [5.74, 6) is 0. The average molecular weight is 805 g/mol. The normalized spacial score (nSPS) is 11.8. The lowest BCUT2D eigenvalue weighted by atomic mass is 10.0. The first-order chi connectivity index (χ1) is 30.5. The van der Waals surface area contributed by atoms with Crippen molar-refractivity contribution < 1.29 is 8.83 Å². The molecule has 0 bridgehead atoms. The molecule has 0 aliphatic rings. The highest BCUT2D eigenvalue weighted by Crippen LogP contribution is 2.43. The minimum atomic E-state index is 0.778. The van der Waals surface area contributed by atoms with Crippen LogP contribution < -0.4 is 9.80 Å². The lowest BCUT2D eigenvalue weighted by Gasteiger charge is -2.26. The van der Waals surface area contributed by atoms with Crippen molar-refractivity contribution in [2.75, 3.05) is 9.80 Å². The van der Waals surface area contributed by atoms with Gasteiger partial charge in [-0.3, -0.25) is 0 Å². The molecule has 11 rings (SSSR count). The molecule has 4 heteroatoms. The van der Waals surface area contributed by atoms with E-state index in [1.165, 1.54) is 22.3 Å². The van der Waals surface area contributed by atoms with Gasteiger partial charge in [0.05, 0.1) is 0 Å². The van der Waals surface area contributed by atoms with Gasteiger partial charge in [0.25, 0.3) is 0 Å². The van der Waals surface area contributed by atoms with E-state index in [2.05, 4.69) is 207 Å². The van der Waals surface area contributed by atoms with E-state index in [0.29, 0.717) is 0 Å². The maximum Gasteiger partial charge on any atom is 0.178 e. The van der Waals surface area contributed by atoms with Crippen LogP contribution in [0.25, 0.3) is 65.4 Å². The van der Waals surface area contributed by atoms with Crippen LogP contribution in [0.3, 0.4) is 0 Å². The molecule has 62 heavy (non-hydrogen) atoms. The maximum absolute atomic E-state index is 6.79. The minimum absolute atomic E-state index is 0.778. The van der Waals surface area contributed by atoms with Gasteiger partial charge >= 0.3 is 0 Å². The molecule has 0 unspecified atom stereocenters. The lowest BCUT2D eigenvalue weighted by Crippen LogP contribution is -2.10. The van der Waals surface area contributed by atoms with E-state index in [1.807, 2.05) is 0 Å². The van der Waals surface area contributed by atoms with Crippen LogP contribution in [-0.4, -0.2) is 0 Å². The van der Waals surface area contributed by atoms with Gasteiger partial charge in [-0.2, -0.15) is 0 Å². The van der Waals surface area contributed by atoms with Crippen LogP contribution in [0.15, 0.2) is 179 Å². The monoisotopic (exact) mass is 804 g/mol. The summed E-state index contributed by atoms with van der Waals surface area (Å²) in [5, 5.41) is 8.83. The molecule has 2 heterocycles. The second-order valence-electron chi connectivity index (χ2n) is 16.5. The van der Waals surface area contributed by atoms with Crippen LogP contribution >= 0.6 is 0 Å². The van der Waals surface area contributed by atoms with E-state index in [9.17, 15) is 0 Å². The highest BCUT2D eigenvalue weighted by molar-refractivity contribution is 6.21. The van der Waals surface area contributed by atoms with Crippen LogP contribution in [-0.2, 0) is 25.7 Å². The fourth-order valence-corrected chi connectivity index (χ4v) is 9.22. The van der Waals surface area contributed by atoms with Gasteiger partial charge in [-0.15, -0.1) is 0 Å². The quantitative estimate of drug-likeness (QED) is 0.138. The SMILES string of the molecule is CCc1ccc(N(c2ccc(CC)cc2)c2ccc3cc4c(cc3c2)oc2c4ccc3c4cc5ccc(N(c6ccc(CC)cc6)c6ccc(CC)cc6)cc5cc4oc32)cc1. The number of anilines is 6. The Morgan fingerprint density at radius 1 is 0.290 bits per heavy atom. The summed E-state index contributed by atoms with van der Waals surface area (Å²) in [6.07, 6.45) is 4.04. The van der Waals surface area contributed by atoms with Gasteiger partial charge in [0.15, 0.2) is 11.2 Å². The van der Waals surface area contributed by atoms with Gasteiger partial charge in [0.2, 0.25) is 0 Å². The maximum atomic E-state index is 6.79. The van der Waals surface area contributed by atoms with Gasteiger partial charge in [-0.1, -0.05) is 88.4 Å². The zero-order valence-electron chi connectivity index (χ0n) is 35.7. The Morgan fingerprint density at radius 2 is 0.597 bits per heavy atom. The number of benzene rings is 9. The van der Waals surface area contributed by atoms with Crippen molar-refractivity contribution in [2.45, 2.75) is 53.4 Å². The first kappa shape index (κ1) is 37.7. The first-order valence-corrected chi connectivity index (χ1v) is 22.1. The Bertz CT molecular complexity index is 3100. The van der Waals surface area contributed by atoms with Gasteiger partial charge in [-0.25, -0.2) is 0 Å². The van der Waals surface area contributed by atoms with E-state index in [0.717, 1.165) is 125 Å². The summed E-state index contributed by atoms with van der Waals surface area (Å²) in [7, 11) is 0. The molecule has 11 aromatic rings. The topological polar surface area (TPSA) is 32.8 Å². The molecule has 0 saturated carbocycles. The number of aryl methyl sites for hydroxylation is 4. The minimum Gasteiger partial charge on any atom is -0.452 e. The van der Waals surface area contributed by atoms with Gasteiger partial charge < -0.3 is 18.6 Å². The molecule has 0 aliphatic heterocycles. The molecule has 0 radical (unpaired) electrons. The average Bonchev–Trinajstić information content (AvgIpc) is 3.88. The van der Waals surface area contributed by atoms with Crippen molar-refractivity contribution >= 4 is 99.5 Å². The number of rotatable bonds is 10. The molecule has 0 atom stereocenters. The summed E-state index contributed by atoms with van der Waals surface area (Å²) in [6, 6.07) is 62.5. The highest BCUT2D eigenvalue weighted by atomic mass is 16.4. The molecular formula is C58H48N2O2. The van der Waals surface area contributed by atoms with Crippen LogP contribution in [0.2, 0.25) is 0 Å². The molecule has 0 saturated heterocycles. The van der Waals surface area contributed by atoms with E-state index < -0.39 is 0 Å². The lowest BCUT2D eigenvalue weighted by molar-refractivity contribution is 0.634. The molecule has 0 aliphatic carbocycles. The Morgan fingerprint density at radius 3 is 0.903 bits per heavy atom. The summed E-state index contributed by atoms with van der Waals surface area (Å²) in [5.41, 5.74) is 15.3. The van der Waals surface area contributed by atoms with Crippen LogP contribution in [0, 0.1) is 0 Å². The van der Waals surface area contributed by atoms with Crippen LogP contribution in [0.4, 0.5) is 34.1 Å². The number of hydrogen-bond donors (Lipinski definition) is 0. The number of hydrogen-bond acceptors (Lipinski definition) is 4. The molecule has 4 nitrogen and oxygen atoms in total. The summed E-state index contributed by atoms with van der Waals surface area (Å²) < 4.78 is 13.6. The third-order valence-electron chi connectivity index (χ3n) is 12.9. The smallest absolute Gasteiger partial charge is 0.178 e. The fraction of sp³-hybridized carbons (Fsp3) is 0.138. The van der Waals surface area contributed by atoms with Gasteiger partial charge in [-0.05, 0) is 179 Å². The third kappa shape index (κ3) is 6.46. The molecule has 9 aromatic carbocycles. The Kier molecular flexibility index (Phi) is 9.30. The van der Waals surface area contributed by atoms with Gasteiger partial charge in [0, 0.05) is 55.7 Å². The second kappa shape index (κ2) is 15.3. The Labute approximate surface area is 362 Å². The zero-order valence-corrected chi connectivity index (χ0v) is 35.7. The summed E-state index contributed by atoms with van der Waals surface area (Å²) >= 11 is 0. The van der Waals surface area contributed by atoms with Crippen molar-refractivity contribution in [3.63, 3.8) is 0 Å². The van der Waals surface area contributed by atoms with E-state index in [4.69, 9.17) is 8.83 Å². The first-order valence-electron chi connectivity index (χ1n) is 22.1. The fourth-order valence-electron chi connectivity index (χ4n) is 9.22. The van der Waals surface area contributed by atoms with Crippen molar-refractivity contribution in [3.8, 4) is 0 Å². The third-order valence-corrected chi connectivity index (χ3v) is 12.9. The predicted octanol–water partition coefficient (Wildman–Crippen LogP) is 17.0. The second-order valence-corrected chi connectivity index (χ2v) is 16.5. The van der Waals surface area contributed by atoms with Crippen molar-refractivity contribution in [2.24, 2.45) is 0 Å². The molecule has 0 amide bonds. The summed E-state index contributed by atoms with van der Waals surface area (Å²) in [4.78, 5) is 4.69. The number of furan rings is 2. The predicted molar refractivity (Wildman–Crippen MR) is 263 cm³/mol. The largest absolute Gasteiger partial charge is 0.452 e. The van der Waals surface area contributed by atoms with E-state index in [1.54, 1.807) is 0 Å². The standard InChI is InChI=1S/C58H48N2O2/c1-5-37-9-19-45(20-10-37)59(46-21-11-38(6-2)12-22-46)49-27-17-41-33-53-51-29-30-52-54-34-42-18-28-50(32-44(42)36-56(54)62-58(52)57(51)61-55(53)35-43(41)31-49)60(47-23-13-39(7-3)14-24-47)48-25-15-40(8-4)16-26-48/h9-36H,5-8H2,1-4H3. The zero-order chi connectivity index (χ0) is 41.9. The Balaban J connectivity index is 1.00. The number of fused-ring (bicyclic) bond motifs is 9.